The summed E-state index contributed by atoms with van der Waals surface area (Å²) < 4.78 is 0. The molecule has 2 fully saturated rings. The van der Waals surface area contributed by atoms with E-state index in [-0.39, 0.29) is 0 Å². The van der Waals surface area contributed by atoms with Crippen LogP contribution in [-0.4, -0.2) is 12.1 Å². The third-order valence-electron chi connectivity index (χ3n) is 6.24. The summed E-state index contributed by atoms with van der Waals surface area (Å²) in [5, 5.41) is 4.01. The van der Waals surface area contributed by atoms with Crippen LogP contribution < -0.4 is 5.32 Å². The molecule has 0 amide bonds. The van der Waals surface area contributed by atoms with E-state index in [0.29, 0.717) is 5.41 Å². The van der Waals surface area contributed by atoms with Crippen LogP contribution in [0.1, 0.15) is 98.3 Å². The van der Waals surface area contributed by atoms with Crippen molar-refractivity contribution in [3.05, 3.63) is 0 Å². The largest absolute Gasteiger partial charge is 0.311 e. The Hall–Kier alpha value is -0.0400. The fourth-order valence-corrected chi connectivity index (χ4v) is 4.57. The van der Waals surface area contributed by atoms with Gasteiger partial charge in [-0.3, -0.25) is 0 Å². The fraction of sp³-hybridized carbons (Fsp3) is 1.00. The Labute approximate surface area is 133 Å². The molecule has 1 N–H and O–H groups in total. The van der Waals surface area contributed by atoms with Crippen molar-refractivity contribution in [1.29, 1.82) is 0 Å². The Morgan fingerprint density at radius 3 is 1.81 bits per heavy atom. The van der Waals surface area contributed by atoms with Crippen molar-refractivity contribution < 1.29 is 0 Å². The van der Waals surface area contributed by atoms with Crippen molar-refractivity contribution in [3.63, 3.8) is 0 Å². The molecule has 2 saturated carbocycles. The van der Waals surface area contributed by atoms with E-state index in [9.17, 15) is 0 Å². The molecule has 2 rings (SSSR count). The average molecular weight is 294 g/mol. The zero-order chi connectivity index (χ0) is 15.3. The lowest BCUT2D eigenvalue weighted by atomic mass is 9.71. The van der Waals surface area contributed by atoms with E-state index in [4.69, 9.17) is 0 Å². The predicted molar refractivity (Wildman–Crippen MR) is 93.6 cm³/mol. The molecule has 2 aliphatic carbocycles. The lowest BCUT2D eigenvalue weighted by molar-refractivity contribution is 0.149. The molecule has 0 unspecified atom stereocenters. The maximum Gasteiger partial charge on any atom is 0.00698 e. The minimum absolute atomic E-state index is 0.516. The van der Waals surface area contributed by atoms with E-state index in [1.165, 1.54) is 70.6 Å². The fourth-order valence-electron chi connectivity index (χ4n) is 4.57. The van der Waals surface area contributed by atoms with Gasteiger partial charge in [-0.15, -0.1) is 0 Å². The SMILES string of the molecule is CCCCC1CCC(NC2CCC(C(C)(C)C)CC2)CC1. The zero-order valence-electron chi connectivity index (χ0n) is 15.1. The summed E-state index contributed by atoms with van der Waals surface area (Å²) in [5.41, 5.74) is 0.516. The zero-order valence-corrected chi connectivity index (χ0v) is 15.1. The minimum Gasteiger partial charge on any atom is -0.311 e. The molecule has 0 atom stereocenters. The van der Waals surface area contributed by atoms with Gasteiger partial charge in [0.15, 0.2) is 0 Å². The molecule has 1 heteroatoms. The predicted octanol–water partition coefficient (Wildman–Crippen LogP) is 5.93. The molecule has 0 aromatic rings. The van der Waals surface area contributed by atoms with E-state index < -0.39 is 0 Å². The second-order valence-electron chi connectivity index (χ2n) is 8.94. The Bertz CT molecular complexity index is 275. The maximum atomic E-state index is 4.01. The van der Waals surface area contributed by atoms with Gasteiger partial charge in [-0.25, -0.2) is 0 Å². The Morgan fingerprint density at radius 2 is 1.33 bits per heavy atom. The molecule has 0 aromatic carbocycles. The van der Waals surface area contributed by atoms with Gasteiger partial charge in [-0.2, -0.15) is 0 Å². The van der Waals surface area contributed by atoms with Crippen LogP contribution in [0.2, 0.25) is 0 Å². The van der Waals surface area contributed by atoms with Crippen molar-refractivity contribution in [3.8, 4) is 0 Å². The van der Waals surface area contributed by atoms with Gasteiger partial charge < -0.3 is 5.32 Å². The van der Waals surface area contributed by atoms with E-state index in [2.05, 4.69) is 33.0 Å². The first kappa shape index (κ1) is 17.3. The van der Waals surface area contributed by atoms with Gasteiger partial charge in [-0.1, -0.05) is 47.0 Å². The molecule has 21 heavy (non-hydrogen) atoms. The average Bonchev–Trinajstić information content (AvgIpc) is 2.46. The van der Waals surface area contributed by atoms with Crippen LogP contribution in [0.4, 0.5) is 0 Å². The van der Waals surface area contributed by atoms with E-state index in [1.54, 1.807) is 0 Å². The molecule has 0 heterocycles. The number of hydrogen-bond donors (Lipinski definition) is 1. The number of unbranched alkanes of at least 4 members (excludes halogenated alkanes) is 1. The molecule has 1 nitrogen and oxygen atoms in total. The highest BCUT2D eigenvalue weighted by Crippen LogP contribution is 2.38. The standard InChI is InChI=1S/C20H39N/c1-5-6-7-16-8-12-18(13-9-16)21-19-14-10-17(11-15-19)20(2,3)4/h16-19,21H,5-15H2,1-4H3. The Morgan fingerprint density at radius 1 is 0.810 bits per heavy atom. The molecule has 0 radical (unpaired) electrons. The molecule has 2 aliphatic rings. The van der Waals surface area contributed by atoms with E-state index in [0.717, 1.165) is 23.9 Å². The highest BCUT2D eigenvalue weighted by atomic mass is 15.0. The molecule has 0 spiro atoms. The summed E-state index contributed by atoms with van der Waals surface area (Å²) in [6.45, 7) is 9.58. The number of hydrogen-bond acceptors (Lipinski definition) is 1. The summed E-state index contributed by atoms with van der Waals surface area (Å²) in [6, 6.07) is 1.65. The van der Waals surface area contributed by atoms with Crippen LogP contribution in [0.15, 0.2) is 0 Å². The lowest BCUT2D eigenvalue weighted by Crippen LogP contribution is -2.43. The lowest BCUT2D eigenvalue weighted by Gasteiger charge is -2.39. The monoisotopic (exact) mass is 293 g/mol. The quantitative estimate of drug-likeness (QED) is 0.662. The first-order valence-corrected chi connectivity index (χ1v) is 9.75. The highest BCUT2D eigenvalue weighted by Gasteiger charge is 2.31. The summed E-state index contributed by atoms with van der Waals surface area (Å²) in [5.74, 6) is 1.99. The second-order valence-corrected chi connectivity index (χ2v) is 8.94. The molecule has 0 bridgehead atoms. The van der Waals surface area contributed by atoms with Crippen molar-refractivity contribution in [2.75, 3.05) is 0 Å². The first-order valence-electron chi connectivity index (χ1n) is 9.75. The number of rotatable bonds is 5. The van der Waals surface area contributed by atoms with Gasteiger partial charge in [0, 0.05) is 12.1 Å². The van der Waals surface area contributed by atoms with Crippen molar-refractivity contribution in [2.45, 2.75) is 110 Å². The Balaban J connectivity index is 1.64. The third kappa shape index (κ3) is 5.58. The first-order chi connectivity index (χ1) is 9.99. The van der Waals surface area contributed by atoms with Crippen LogP contribution >= 0.6 is 0 Å². The van der Waals surface area contributed by atoms with Crippen LogP contribution in [0, 0.1) is 17.3 Å². The van der Waals surface area contributed by atoms with Gasteiger partial charge in [0.2, 0.25) is 0 Å². The summed E-state index contributed by atoms with van der Waals surface area (Å²) in [7, 11) is 0. The topological polar surface area (TPSA) is 12.0 Å². The van der Waals surface area contributed by atoms with Crippen molar-refractivity contribution >= 4 is 0 Å². The van der Waals surface area contributed by atoms with Gasteiger partial charge in [-0.05, 0) is 68.6 Å². The Kier molecular flexibility index (Phi) is 6.59. The molecular formula is C20H39N. The van der Waals surface area contributed by atoms with E-state index >= 15 is 0 Å². The third-order valence-corrected chi connectivity index (χ3v) is 6.24. The highest BCUT2D eigenvalue weighted by molar-refractivity contribution is 4.86. The second kappa shape index (κ2) is 7.99. The van der Waals surface area contributed by atoms with Crippen molar-refractivity contribution in [1.82, 2.24) is 5.32 Å². The summed E-state index contributed by atoms with van der Waals surface area (Å²) in [6.07, 6.45) is 15.8. The van der Waals surface area contributed by atoms with Crippen LogP contribution in [0.3, 0.4) is 0 Å². The normalized spacial score (nSPS) is 34.9. The summed E-state index contributed by atoms with van der Waals surface area (Å²) >= 11 is 0. The van der Waals surface area contributed by atoms with Crippen LogP contribution in [0.5, 0.6) is 0 Å². The van der Waals surface area contributed by atoms with Crippen LogP contribution in [-0.2, 0) is 0 Å². The molecular weight excluding hydrogens is 254 g/mol. The molecule has 124 valence electrons. The smallest absolute Gasteiger partial charge is 0.00698 e. The maximum absolute atomic E-state index is 4.01. The van der Waals surface area contributed by atoms with Gasteiger partial charge in [0.25, 0.3) is 0 Å². The molecule has 0 saturated heterocycles. The summed E-state index contributed by atoms with van der Waals surface area (Å²) in [4.78, 5) is 0. The van der Waals surface area contributed by atoms with E-state index in [1.807, 2.05) is 0 Å². The van der Waals surface area contributed by atoms with Crippen LogP contribution in [0.25, 0.3) is 0 Å². The van der Waals surface area contributed by atoms with Gasteiger partial charge in [0.05, 0.1) is 0 Å². The van der Waals surface area contributed by atoms with Gasteiger partial charge >= 0.3 is 0 Å². The molecule has 0 aliphatic heterocycles. The molecule has 0 aromatic heterocycles. The van der Waals surface area contributed by atoms with Gasteiger partial charge in [0.1, 0.15) is 0 Å². The van der Waals surface area contributed by atoms with Crippen molar-refractivity contribution in [2.24, 2.45) is 17.3 Å². The minimum atomic E-state index is 0.516. The number of nitrogens with one attached hydrogen (secondary N) is 1.